The van der Waals surface area contributed by atoms with Crippen molar-refractivity contribution >= 4 is 45.2 Å². The molecule has 0 saturated carbocycles. The van der Waals surface area contributed by atoms with Crippen molar-refractivity contribution < 1.29 is 0 Å². The van der Waals surface area contributed by atoms with Gasteiger partial charge < -0.3 is 0 Å². The molecule has 0 aliphatic rings. The number of rotatable bonds is 0. The average molecular weight is 342 g/mol. The first-order valence-electron chi connectivity index (χ1n) is 4.79. The van der Waals surface area contributed by atoms with Crippen molar-refractivity contribution in [3.05, 3.63) is 0 Å². The zero-order valence-corrected chi connectivity index (χ0v) is 17.4. The van der Waals surface area contributed by atoms with Crippen LogP contribution < -0.4 is 0 Å². The molecule has 0 saturated heterocycles. The Labute approximate surface area is 98.9 Å². The van der Waals surface area contributed by atoms with Crippen LogP contribution in [0.4, 0.5) is 0 Å². The summed E-state index contributed by atoms with van der Waals surface area (Å²) in [6.07, 6.45) is 0. The summed E-state index contributed by atoms with van der Waals surface area (Å²) in [5.74, 6) is 14.0. The summed E-state index contributed by atoms with van der Waals surface area (Å²) < 4.78 is 0. The average Bonchev–Trinajstić information content (AvgIpc) is 1.50. The van der Waals surface area contributed by atoms with E-state index in [0.717, 1.165) is 0 Å². The Balaban J connectivity index is -0.000000117. The summed E-state index contributed by atoms with van der Waals surface area (Å²) >= 11 is -0.667. The Morgan fingerprint density at radius 3 is 0.692 bits per heavy atom. The molecule has 0 nitrogen and oxygen atoms in total. The van der Waals surface area contributed by atoms with Gasteiger partial charge in [-0.1, -0.05) is 19.6 Å². The number of hydrogen-bond donors (Lipinski definition) is 0. The molecular weight excluding hydrogens is 312 g/mol. The molecule has 0 aromatic heterocycles. The fourth-order valence-corrected chi connectivity index (χ4v) is 0. The van der Waals surface area contributed by atoms with Crippen molar-refractivity contribution in [1.82, 2.24) is 0 Å². The SMILES string of the molecule is C[Si](C)(C)P.[CH3][Ge]([CH3])[CH3].[CH3][Ge]([CH3])[CH3]. The minimum absolute atomic E-state index is 0.333. The van der Waals surface area contributed by atoms with E-state index in [1.807, 2.05) is 0 Å². The summed E-state index contributed by atoms with van der Waals surface area (Å²) in [5, 5.41) is 0. The second-order valence-corrected chi connectivity index (χ2v) is 27.9. The molecule has 13 heavy (non-hydrogen) atoms. The quantitative estimate of drug-likeness (QED) is 0.451. The molecule has 0 aliphatic heterocycles. The van der Waals surface area contributed by atoms with Crippen molar-refractivity contribution in [2.24, 2.45) is 0 Å². The first-order chi connectivity index (χ1) is 5.46. The van der Waals surface area contributed by atoms with Gasteiger partial charge >= 0.3 is 63.2 Å². The molecule has 0 bridgehead atoms. The standard InChI is InChI=1S/2C3H9Ge.C3H11PSi/c2*1-4(2)3;1-5(2,3)4/h2*1-3H3;4H2,1-3H3. The molecular formula is C9H29Ge2PSi. The molecule has 82 valence electrons. The van der Waals surface area contributed by atoms with E-state index < -0.39 is 7.74 Å². The van der Waals surface area contributed by atoms with Gasteiger partial charge in [-0.15, -0.1) is 8.79 Å². The molecule has 2 radical (unpaired) electrons. The zero-order valence-electron chi connectivity index (χ0n) is 11.1. The van der Waals surface area contributed by atoms with Crippen LogP contribution in [-0.2, 0) is 0 Å². The van der Waals surface area contributed by atoms with Crippen LogP contribution in [0.25, 0.3) is 0 Å². The van der Waals surface area contributed by atoms with Gasteiger partial charge in [-0.05, 0) is 0 Å². The van der Waals surface area contributed by atoms with Crippen LogP contribution in [0, 0.1) is 0 Å². The fraction of sp³-hybridized carbons (Fsp3) is 1.00. The van der Waals surface area contributed by atoms with Gasteiger partial charge in [0.1, 0.15) is 0 Å². The molecule has 0 aromatic rings. The van der Waals surface area contributed by atoms with Crippen molar-refractivity contribution in [3.63, 3.8) is 0 Å². The molecule has 0 amide bonds. The van der Waals surface area contributed by atoms with E-state index in [4.69, 9.17) is 0 Å². The Kier molecular flexibility index (Phi) is 18.3. The molecule has 0 fully saturated rings. The van der Waals surface area contributed by atoms with Gasteiger partial charge in [-0.25, -0.2) is 0 Å². The van der Waals surface area contributed by atoms with Crippen molar-refractivity contribution in [3.8, 4) is 0 Å². The van der Waals surface area contributed by atoms with Gasteiger partial charge in [0.25, 0.3) is 0 Å². The van der Waals surface area contributed by atoms with Crippen LogP contribution in [0.1, 0.15) is 0 Å². The van der Waals surface area contributed by atoms with E-state index in [1.165, 1.54) is 0 Å². The molecule has 0 spiro atoms. The summed E-state index contributed by atoms with van der Waals surface area (Å²) in [7, 11) is 2.16. The zero-order chi connectivity index (χ0) is 11.7. The Morgan fingerprint density at radius 2 is 0.692 bits per heavy atom. The summed E-state index contributed by atoms with van der Waals surface area (Å²) in [6, 6.07) is 0. The summed E-state index contributed by atoms with van der Waals surface area (Å²) in [4.78, 5) is 0. The third kappa shape index (κ3) is 630. The maximum atomic E-state index is 2.85. The molecule has 0 aliphatic carbocycles. The van der Waals surface area contributed by atoms with Crippen LogP contribution in [0.5, 0.6) is 0 Å². The normalized spacial score (nSPS) is 10.2. The van der Waals surface area contributed by atoms with Gasteiger partial charge in [0.2, 0.25) is 0 Å². The summed E-state index contributed by atoms with van der Waals surface area (Å²) in [6.45, 7) is 6.87. The number of hydrogen-bond acceptors (Lipinski definition) is 0. The molecule has 1 atom stereocenters. The maximum absolute atomic E-state index is 2.85. The molecule has 0 heterocycles. The van der Waals surface area contributed by atoms with Crippen LogP contribution in [0.15, 0.2) is 0 Å². The van der Waals surface area contributed by atoms with Crippen LogP contribution in [-0.4, -0.2) is 36.4 Å². The second kappa shape index (κ2) is 11.8. The molecule has 0 aromatic carbocycles. The van der Waals surface area contributed by atoms with Crippen molar-refractivity contribution in [1.29, 1.82) is 0 Å². The van der Waals surface area contributed by atoms with E-state index in [1.54, 1.807) is 0 Å². The minimum atomic E-state index is -0.694. The topological polar surface area (TPSA) is 0 Å². The first-order valence-corrected chi connectivity index (χ1v) is 22.7. The van der Waals surface area contributed by atoms with Crippen molar-refractivity contribution in [2.75, 3.05) is 0 Å². The van der Waals surface area contributed by atoms with Gasteiger partial charge in [-0.3, -0.25) is 0 Å². The predicted molar refractivity (Wildman–Crippen MR) is 79.7 cm³/mol. The Morgan fingerprint density at radius 1 is 0.692 bits per heavy atom. The predicted octanol–water partition coefficient (Wildman–Crippen LogP) is 4.44. The Bertz CT molecular complexity index is 72.6. The van der Waals surface area contributed by atoms with E-state index in [9.17, 15) is 0 Å². The van der Waals surface area contributed by atoms with E-state index in [0.29, 0.717) is 0 Å². The molecule has 1 unspecified atom stereocenters. The van der Waals surface area contributed by atoms with Gasteiger partial charge in [0, 0.05) is 0 Å². The van der Waals surface area contributed by atoms with Crippen molar-refractivity contribution in [2.45, 2.75) is 54.2 Å². The Hall–Kier alpha value is 1.73. The third-order valence-electron chi connectivity index (χ3n) is 0. The second-order valence-electron chi connectivity index (χ2n) is 5.37. The van der Waals surface area contributed by atoms with Crippen LogP contribution in [0.3, 0.4) is 0 Å². The van der Waals surface area contributed by atoms with E-state index >= 15 is 0 Å². The van der Waals surface area contributed by atoms with Gasteiger partial charge in [0.05, 0.1) is 7.74 Å². The fourth-order valence-electron chi connectivity index (χ4n) is 0. The molecule has 4 heteroatoms. The van der Waals surface area contributed by atoms with Crippen LogP contribution in [0.2, 0.25) is 54.2 Å². The molecule has 0 rings (SSSR count). The van der Waals surface area contributed by atoms with Crippen LogP contribution >= 0.6 is 8.79 Å². The first kappa shape index (κ1) is 20.2. The third-order valence-corrected chi connectivity index (χ3v) is 0. The van der Waals surface area contributed by atoms with E-state index in [-0.39, 0.29) is 28.7 Å². The van der Waals surface area contributed by atoms with Gasteiger partial charge in [0.15, 0.2) is 0 Å². The summed E-state index contributed by atoms with van der Waals surface area (Å²) in [5.41, 5.74) is 0. The van der Waals surface area contributed by atoms with E-state index in [2.05, 4.69) is 63.0 Å². The van der Waals surface area contributed by atoms with Gasteiger partial charge in [-0.2, -0.15) is 0 Å². The molecule has 0 N–H and O–H groups in total. The monoisotopic (exact) mass is 344 g/mol.